The minimum atomic E-state index is -0.310. The molecule has 2 aromatic rings. The molecule has 0 radical (unpaired) electrons. The van der Waals surface area contributed by atoms with Crippen LogP contribution in [-0.4, -0.2) is 35.5 Å². The highest BCUT2D eigenvalue weighted by molar-refractivity contribution is 5.93. The SMILES string of the molecule is CCOc1ccc(CCC2CCN(C(=O)c3ccc[nH]c3=O)CC2)cc1. The molecule has 1 amide bonds. The van der Waals surface area contributed by atoms with Crippen molar-refractivity contribution >= 4 is 5.91 Å². The second-order valence-electron chi connectivity index (χ2n) is 6.76. The van der Waals surface area contributed by atoms with E-state index < -0.39 is 0 Å². The molecule has 1 aliphatic heterocycles. The first-order valence-electron chi connectivity index (χ1n) is 9.36. The van der Waals surface area contributed by atoms with Crippen molar-refractivity contribution in [2.24, 2.45) is 5.92 Å². The maximum atomic E-state index is 12.5. The Kier molecular flexibility index (Phi) is 6.10. The number of ether oxygens (including phenoxy) is 1. The Labute approximate surface area is 154 Å². The second-order valence-corrected chi connectivity index (χ2v) is 6.76. The maximum absolute atomic E-state index is 12.5. The smallest absolute Gasteiger partial charge is 0.260 e. The molecule has 1 N–H and O–H groups in total. The van der Waals surface area contributed by atoms with E-state index in [1.807, 2.05) is 19.1 Å². The molecular formula is C21H26N2O3. The van der Waals surface area contributed by atoms with E-state index in [2.05, 4.69) is 17.1 Å². The number of hydrogen-bond acceptors (Lipinski definition) is 3. The Bertz CT molecular complexity index is 774. The number of carbonyl (C=O) groups excluding carboxylic acids is 1. The first kappa shape index (κ1) is 18.2. The molecule has 1 aromatic carbocycles. The van der Waals surface area contributed by atoms with Crippen molar-refractivity contribution in [2.45, 2.75) is 32.6 Å². The Morgan fingerprint density at radius 3 is 2.58 bits per heavy atom. The fraction of sp³-hybridized carbons (Fsp3) is 0.429. The fourth-order valence-electron chi connectivity index (χ4n) is 3.47. The molecule has 0 unspecified atom stereocenters. The number of piperidine rings is 1. The number of aryl methyl sites for hydroxylation is 1. The van der Waals surface area contributed by atoms with Gasteiger partial charge in [-0.1, -0.05) is 12.1 Å². The Morgan fingerprint density at radius 1 is 1.19 bits per heavy atom. The highest BCUT2D eigenvalue weighted by atomic mass is 16.5. The zero-order valence-electron chi connectivity index (χ0n) is 15.2. The number of aromatic nitrogens is 1. The first-order chi connectivity index (χ1) is 12.7. The third-order valence-corrected chi connectivity index (χ3v) is 5.03. The zero-order chi connectivity index (χ0) is 18.4. The van der Waals surface area contributed by atoms with Gasteiger partial charge in [0, 0.05) is 19.3 Å². The minimum Gasteiger partial charge on any atom is -0.494 e. The van der Waals surface area contributed by atoms with Gasteiger partial charge in [-0.25, -0.2) is 0 Å². The van der Waals surface area contributed by atoms with Crippen molar-refractivity contribution in [2.75, 3.05) is 19.7 Å². The lowest BCUT2D eigenvalue weighted by Gasteiger charge is -2.32. The minimum absolute atomic E-state index is 0.156. The summed E-state index contributed by atoms with van der Waals surface area (Å²) in [4.78, 5) is 28.6. The lowest BCUT2D eigenvalue weighted by molar-refractivity contribution is 0.0685. The number of carbonyl (C=O) groups is 1. The number of pyridine rings is 1. The van der Waals surface area contributed by atoms with Crippen molar-refractivity contribution in [3.8, 4) is 5.75 Å². The third-order valence-electron chi connectivity index (χ3n) is 5.03. The van der Waals surface area contributed by atoms with Gasteiger partial charge in [-0.05, 0) is 68.4 Å². The van der Waals surface area contributed by atoms with Gasteiger partial charge in [0.1, 0.15) is 11.3 Å². The third kappa shape index (κ3) is 4.54. The van der Waals surface area contributed by atoms with E-state index in [-0.39, 0.29) is 17.0 Å². The molecule has 26 heavy (non-hydrogen) atoms. The van der Waals surface area contributed by atoms with E-state index in [1.54, 1.807) is 23.2 Å². The van der Waals surface area contributed by atoms with E-state index in [0.29, 0.717) is 12.5 Å². The normalized spacial score (nSPS) is 15.0. The lowest BCUT2D eigenvalue weighted by atomic mass is 9.90. The van der Waals surface area contributed by atoms with Gasteiger partial charge < -0.3 is 14.6 Å². The van der Waals surface area contributed by atoms with Crippen molar-refractivity contribution in [1.82, 2.24) is 9.88 Å². The molecule has 5 heteroatoms. The molecule has 1 aliphatic rings. The second kappa shape index (κ2) is 8.70. The number of amides is 1. The summed E-state index contributed by atoms with van der Waals surface area (Å²) in [6.45, 7) is 4.12. The standard InChI is InChI=1S/C21H26N2O3/c1-2-26-18-9-7-16(8-10-18)5-6-17-11-14-23(15-12-17)21(25)19-4-3-13-22-20(19)24/h3-4,7-10,13,17H,2,5-6,11-12,14-15H2,1H3,(H,22,24). The first-order valence-corrected chi connectivity index (χ1v) is 9.36. The summed E-state index contributed by atoms with van der Waals surface area (Å²) in [6, 6.07) is 11.6. The lowest BCUT2D eigenvalue weighted by Crippen LogP contribution is -2.40. The van der Waals surface area contributed by atoms with Crippen molar-refractivity contribution in [1.29, 1.82) is 0 Å². The van der Waals surface area contributed by atoms with Gasteiger partial charge >= 0.3 is 0 Å². The summed E-state index contributed by atoms with van der Waals surface area (Å²) >= 11 is 0. The van der Waals surface area contributed by atoms with Gasteiger partial charge in [-0.15, -0.1) is 0 Å². The molecule has 138 valence electrons. The molecular weight excluding hydrogens is 328 g/mol. The van der Waals surface area contributed by atoms with Gasteiger partial charge in [0.25, 0.3) is 11.5 Å². The summed E-state index contributed by atoms with van der Waals surface area (Å²) in [5, 5.41) is 0. The molecule has 0 saturated carbocycles. The number of aromatic amines is 1. The largest absolute Gasteiger partial charge is 0.494 e. The van der Waals surface area contributed by atoms with Crippen LogP contribution >= 0.6 is 0 Å². The van der Waals surface area contributed by atoms with Crippen LogP contribution in [0.5, 0.6) is 5.75 Å². The number of H-pyrrole nitrogens is 1. The van der Waals surface area contributed by atoms with Crippen LogP contribution in [0.3, 0.4) is 0 Å². The van der Waals surface area contributed by atoms with Crippen LogP contribution in [0, 0.1) is 5.92 Å². The Hall–Kier alpha value is -2.56. The Morgan fingerprint density at radius 2 is 1.92 bits per heavy atom. The van der Waals surface area contributed by atoms with E-state index in [0.717, 1.165) is 44.5 Å². The maximum Gasteiger partial charge on any atom is 0.260 e. The van der Waals surface area contributed by atoms with E-state index in [9.17, 15) is 9.59 Å². The molecule has 0 aliphatic carbocycles. The van der Waals surface area contributed by atoms with Gasteiger partial charge in [-0.2, -0.15) is 0 Å². The highest BCUT2D eigenvalue weighted by Crippen LogP contribution is 2.24. The van der Waals surface area contributed by atoms with Crippen LogP contribution in [0.15, 0.2) is 47.4 Å². The number of hydrogen-bond donors (Lipinski definition) is 1. The zero-order valence-corrected chi connectivity index (χ0v) is 15.2. The molecule has 1 aromatic heterocycles. The molecule has 1 fully saturated rings. The average molecular weight is 354 g/mol. The van der Waals surface area contributed by atoms with Crippen LogP contribution in [-0.2, 0) is 6.42 Å². The summed E-state index contributed by atoms with van der Waals surface area (Å²) in [6.07, 6.45) is 5.71. The number of nitrogens with one attached hydrogen (secondary N) is 1. The van der Waals surface area contributed by atoms with E-state index in [4.69, 9.17) is 4.74 Å². The molecule has 0 atom stereocenters. The summed E-state index contributed by atoms with van der Waals surface area (Å²) in [7, 11) is 0. The number of benzene rings is 1. The van der Waals surface area contributed by atoms with Crippen molar-refractivity contribution in [3.05, 3.63) is 64.1 Å². The van der Waals surface area contributed by atoms with Crippen LogP contribution in [0.4, 0.5) is 0 Å². The van der Waals surface area contributed by atoms with Crippen LogP contribution in [0.25, 0.3) is 0 Å². The van der Waals surface area contributed by atoms with Crippen LogP contribution < -0.4 is 10.3 Å². The highest BCUT2D eigenvalue weighted by Gasteiger charge is 2.24. The average Bonchev–Trinajstić information content (AvgIpc) is 2.68. The van der Waals surface area contributed by atoms with Gasteiger partial charge in [0.05, 0.1) is 6.61 Å². The molecule has 1 saturated heterocycles. The topological polar surface area (TPSA) is 62.4 Å². The number of nitrogens with zero attached hydrogens (tertiary/aromatic N) is 1. The predicted octanol–water partition coefficient (Wildman–Crippen LogP) is 3.26. The molecule has 0 spiro atoms. The van der Waals surface area contributed by atoms with Gasteiger partial charge in [-0.3, -0.25) is 9.59 Å². The molecule has 0 bridgehead atoms. The number of likely N-dealkylation sites (tertiary alicyclic amines) is 1. The summed E-state index contributed by atoms with van der Waals surface area (Å²) in [5.41, 5.74) is 1.25. The van der Waals surface area contributed by atoms with E-state index >= 15 is 0 Å². The summed E-state index contributed by atoms with van der Waals surface area (Å²) < 4.78 is 5.47. The summed E-state index contributed by atoms with van der Waals surface area (Å²) in [5.74, 6) is 1.38. The van der Waals surface area contributed by atoms with Gasteiger partial charge in [0.2, 0.25) is 0 Å². The van der Waals surface area contributed by atoms with Crippen molar-refractivity contribution < 1.29 is 9.53 Å². The fourth-order valence-corrected chi connectivity index (χ4v) is 3.47. The molecule has 5 nitrogen and oxygen atoms in total. The predicted molar refractivity (Wildman–Crippen MR) is 102 cm³/mol. The Balaban J connectivity index is 1.47. The van der Waals surface area contributed by atoms with Crippen LogP contribution in [0.1, 0.15) is 42.1 Å². The van der Waals surface area contributed by atoms with Crippen molar-refractivity contribution in [3.63, 3.8) is 0 Å². The van der Waals surface area contributed by atoms with Crippen LogP contribution in [0.2, 0.25) is 0 Å². The molecule has 2 heterocycles. The quantitative estimate of drug-likeness (QED) is 0.866. The van der Waals surface area contributed by atoms with Gasteiger partial charge in [0.15, 0.2) is 0 Å². The van der Waals surface area contributed by atoms with E-state index in [1.165, 1.54) is 5.56 Å². The molecule has 3 rings (SSSR count). The number of rotatable bonds is 6. The monoisotopic (exact) mass is 354 g/mol.